The molecule has 8 heteroatoms. The van der Waals surface area contributed by atoms with E-state index in [0.29, 0.717) is 11.3 Å². The van der Waals surface area contributed by atoms with E-state index in [-0.39, 0.29) is 11.8 Å². The van der Waals surface area contributed by atoms with E-state index in [1.165, 1.54) is 0 Å². The van der Waals surface area contributed by atoms with Gasteiger partial charge in [0.1, 0.15) is 0 Å². The molecule has 2 aromatic carbocycles. The molecule has 1 N–H and O–H groups in total. The number of nitrogens with zero attached hydrogens (tertiary/aromatic N) is 2. The number of aromatic nitrogens is 2. The van der Waals surface area contributed by atoms with E-state index >= 15 is 0 Å². The maximum absolute atomic E-state index is 12.4. The molecule has 0 aliphatic heterocycles. The number of sulfone groups is 1. The SMILES string of the molecule is Cc1ccc(CS(=O)(=O)c2nnc(Nc3ccc(Br)cc3)o2)cc1. The van der Waals surface area contributed by atoms with E-state index < -0.39 is 15.1 Å². The average molecular weight is 408 g/mol. The Kier molecular flexibility index (Phi) is 4.68. The number of rotatable bonds is 5. The molecule has 1 aromatic heterocycles. The molecule has 0 saturated heterocycles. The second kappa shape index (κ2) is 6.74. The Hall–Kier alpha value is -2.19. The van der Waals surface area contributed by atoms with Crippen LogP contribution in [-0.2, 0) is 15.6 Å². The molecule has 0 atom stereocenters. The zero-order chi connectivity index (χ0) is 17.2. The van der Waals surface area contributed by atoms with Gasteiger partial charge in [0.2, 0.25) is 9.84 Å². The largest absolute Gasteiger partial charge is 0.394 e. The van der Waals surface area contributed by atoms with Crippen LogP contribution in [0.25, 0.3) is 0 Å². The first-order valence-corrected chi connectivity index (χ1v) is 9.51. The summed E-state index contributed by atoms with van der Waals surface area (Å²) in [6.07, 6.45) is 0. The van der Waals surface area contributed by atoms with Crippen molar-refractivity contribution >= 4 is 37.5 Å². The minimum atomic E-state index is -3.69. The van der Waals surface area contributed by atoms with Crippen molar-refractivity contribution in [1.29, 1.82) is 0 Å². The zero-order valence-electron chi connectivity index (χ0n) is 12.7. The first-order chi connectivity index (χ1) is 11.4. The lowest BCUT2D eigenvalue weighted by Crippen LogP contribution is -2.05. The quantitative estimate of drug-likeness (QED) is 0.690. The normalized spacial score (nSPS) is 11.4. The van der Waals surface area contributed by atoms with E-state index in [0.717, 1.165) is 10.0 Å². The Morgan fingerprint density at radius 2 is 1.71 bits per heavy atom. The highest BCUT2D eigenvalue weighted by atomic mass is 79.9. The number of nitrogens with one attached hydrogen (secondary N) is 1. The molecule has 0 bridgehead atoms. The highest BCUT2D eigenvalue weighted by Crippen LogP contribution is 2.21. The summed E-state index contributed by atoms with van der Waals surface area (Å²) in [5.74, 6) is -0.187. The van der Waals surface area contributed by atoms with Crippen LogP contribution in [0, 0.1) is 6.92 Å². The van der Waals surface area contributed by atoms with Crippen LogP contribution in [0.5, 0.6) is 0 Å². The number of hydrogen-bond donors (Lipinski definition) is 1. The Morgan fingerprint density at radius 3 is 2.38 bits per heavy atom. The molecule has 6 nitrogen and oxygen atoms in total. The van der Waals surface area contributed by atoms with Crippen molar-refractivity contribution in [3.05, 3.63) is 64.1 Å². The Bertz CT molecular complexity index is 935. The van der Waals surface area contributed by atoms with Crippen LogP contribution in [-0.4, -0.2) is 18.6 Å². The fraction of sp³-hybridized carbons (Fsp3) is 0.125. The van der Waals surface area contributed by atoms with Gasteiger partial charge in [0.15, 0.2) is 0 Å². The Morgan fingerprint density at radius 1 is 1.04 bits per heavy atom. The van der Waals surface area contributed by atoms with Gasteiger partial charge in [0.05, 0.1) is 5.75 Å². The van der Waals surface area contributed by atoms with Crippen molar-refractivity contribution in [3.8, 4) is 0 Å². The standard InChI is InChI=1S/C16H14BrN3O3S/c1-11-2-4-12(5-3-11)10-24(21,22)16-20-19-15(23-16)18-14-8-6-13(17)7-9-14/h2-9H,10H2,1H3,(H,18,19). The van der Waals surface area contributed by atoms with Crippen LogP contribution < -0.4 is 5.32 Å². The Labute approximate surface area is 148 Å². The van der Waals surface area contributed by atoms with E-state index in [2.05, 4.69) is 31.4 Å². The maximum atomic E-state index is 12.4. The molecule has 0 radical (unpaired) electrons. The summed E-state index contributed by atoms with van der Waals surface area (Å²) in [5.41, 5.74) is 2.44. The second-order valence-electron chi connectivity index (χ2n) is 5.25. The minimum Gasteiger partial charge on any atom is -0.394 e. The summed E-state index contributed by atoms with van der Waals surface area (Å²) in [6.45, 7) is 1.94. The summed E-state index contributed by atoms with van der Waals surface area (Å²) < 4.78 is 30.9. The molecule has 0 aliphatic carbocycles. The number of anilines is 2. The molecular weight excluding hydrogens is 394 g/mol. The van der Waals surface area contributed by atoms with E-state index in [1.54, 1.807) is 24.3 Å². The van der Waals surface area contributed by atoms with E-state index in [4.69, 9.17) is 4.42 Å². The van der Waals surface area contributed by atoms with Gasteiger partial charge in [-0.2, -0.15) is 0 Å². The minimum absolute atomic E-state index is 0.0276. The van der Waals surface area contributed by atoms with Crippen molar-refractivity contribution in [2.75, 3.05) is 5.32 Å². The van der Waals surface area contributed by atoms with E-state index in [1.807, 2.05) is 31.2 Å². The predicted molar refractivity (Wildman–Crippen MR) is 93.8 cm³/mol. The molecule has 0 saturated carbocycles. The lowest BCUT2D eigenvalue weighted by Gasteiger charge is -2.02. The molecule has 0 unspecified atom stereocenters. The molecule has 24 heavy (non-hydrogen) atoms. The summed E-state index contributed by atoms with van der Waals surface area (Å²) in [4.78, 5) is 0. The lowest BCUT2D eigenvalue weighted by molar-refractivity contribution is 0.442. The van der Waals surface area contributed by atoms with Crippen molar-refractivity contribution in [2.24, 2.45) is 0 Å². The van der Waals surface area contributed by atoms with Crippen LogP contribution >= 0.6 is 15.9 Å². The number of benzene rings is 2. The van der Waals surface area contributed by atoms with Crippen LogP contribution in [0.4, 0.5) is 11.7 Å². The van der Waals surface area contributed by atoms with Crippen molar-refractivity contribution < 1.29 is 12.8 Å². The summed E-state index contributed by atoms with van der Waals surface area (Å²) in [6, 6.07) is 14.6. The van der Waals surface area contributed by atoms with Crippen LogP contribution in [0.1, 0.15) is 11.1 Å². The van der Waals surface area contributed by atoms with Gasteiger partial charge in [-0.05, 0) is 36.8 Å². The number of hydrogen-bond acceptors (Lipinski definition) is 6. The van der Waals surface area contributed by atoms with Gasteiger partial charge in [-0.3, -0.25) is 0 Å². The van der Waals surface area contributed by atoms with Gasteiger partial charge in [-0.1, -0.05) is 56.0 Å². The molecule has 3 aromatic rings. The molecule has 1 heterocycles. The third-order valence-electron chi connectivity index (χ3n) is 3.25. The third kappa shape index (κ3) is 4.01. The zero-order valence-corrected chi connectivity index (χ0v) is 15.1. The molecule has 124 valence electrons. The van der Waals surface area contributed by atoms with Crippen molar-refractivity contribution in [1.82, 2.24) is 10.2 Å². The lowest BCUT2D eigenvalue weighted by atomic mass is 10.2. The summed E-state index contributed by atoms with van der Waals surface area (Å²) in [7, 11) is -3.69. The van der Waals surface area contributed by atoms with Crippen LogP contribution in [0.15, 0.2) is 62.6 Å². The molecule has 3 rings (SSSR count). The van der Waals surface area contributed by atoms with Gasteiger partial charge in [-0.15, -0.1) is 0 Å². The monoisotopic (exact) mass is 407 g/mol. The first-order valence-electron chi connectivity index (χ1n) is 7.07. The van der Waals surface area contributed by atoms with Gasteiger partial charge in [-0.25, -0.2) is 8.42 Å². The molecule has 0 fully saturated rings. The van der Waals surface area contributed by atoms with Crippen molar-refractivity contribution in [2.45, 2.75) is 17.9 Å². The smallest absolute Gasteiger partial charge is 0.337 e. The third-order valence-corrected chi connectivity index (χ3v) is 5.18. The average Bonchev–Trinajstić information content (AvgIpc) is 3.01. The number of aryl methyl sites for hydroxylation is 1. The second-order valence-corrected chi connectivity index (χ2v) is 8.03. The maximum Gasteiger partial charge on any atom is 0.337 e. The van der Waals surface area contributed by atoms with Crippen LogP contribution in [0.2, 0.25) is 0 Å². The first kappa shape index (κ1) is 16.7. The number of halogens is 1. The van der Waals surface area contributed by atoms with Crippen molar-refractivity contribution in [3.63, 3.8) is 0 Å². The highest BCUT2D eigenvalue weighted by molar-refractivity contribution is 9.10. The fourth-order valence-corrected chi connectivity index (χ4v) is 3.40. The van der Waals surface area contributed by atoms with Gasteiger partial charge in [0.25, 0.3) is 0 Å². The van der Waals surface area contributed by atoms with Gasteiger partial charge in [0, 0.05) is 10.2 Å². The van der Waals surface area contributed by atoms with Gasteiger partial charge >= 0.3 is 11.2 Å². The molecular formula is C16H14BrN3O3S. The fourth-order valence-electron chi connectivity index (χ4n) is 2.01. The van der Waals surface area contributed by atoms with E-state index in [9.17, 15) is 8.42 Å². The molecule has 0 aliphatic rings. The predicted octanol–water partition coefficient (Wildman–Crippen LogP) is 3.86. The van der Waals surface area contributed by atoms with Gasteiger partial charge < -0.3 is 9.73 Å². The summed E-state index contributed by atoms with van der Waals surface area (Å²) in [5, 5.41) is 9.85. The Balaban J connectivity index is 1.76. The highest BCUT2D eigenvalue weighted by Gasteiger charge is 2.23. The van der Waals surface area contributed by atoms with Crippen LogP contribution in [0.3, 0.4) is 0 Å². The molecule has 0 amide bonds. The molecule has 0 spiro atoms. The topological polar surface area (TPSA) is 85.1 Å². The summed E-state index contributed by atoms with van der Waals surface area (Å²) >= 11 is 3.34.